The number of rotatable bonds is 6. The van der Waals surface area contributed by atoms with Crippen molar-refractivity contribution in [2.24, 2.45) is 0 Å². The molecule has 2 nitrogen and oxygen atoms in total. The first-order valence-corrected chi connectivity index (χ1v) is 14.2. The summed E-state index contributed by atoms with van der Waals surface area (Å²) in [6.07, 6.45) is -15.5. The minimum absolute atomic E-state index is 0.0788. The Labute approximate surface area is 275 Å². The SMILES string of the molecule is Cc1cc(N(c2ccc(N(c3ccccc3)c3c(F)c(F)c(C(F)(F)F)c(F)c3F)cc2)c2cc(C)cc(C(F)(F)F)c2)cc(C(F)(F)F)c1. The molecule has 0 saturated carbocycles. The third kappa shape index (κ3) is 7.07. The summed E-state index contributed by atoms with van der Waals surface area (Å²) in [5.41, 5.74) is -7.44. The van der Waals surface area contributed by atoms with Crippen molar-refractivity contribution in [3.05, 3.63) is 142 Å². The Bertz CT molecular complexity index is 1940. The fourth-order valence-electron chi connectivity index (χ4n) is 5.36. The molecule has 0 fully saturated rings. The lowest BCUT2D eigenvalue weighted by molar-refractivity contribution is -0.143. The second kappa shape index (κ2) is 12.9. The molecule has 0 aliphatic carbocycles. The van der Waals surface area contributed by atoms with Crippen molar-refractivity contribution in [2.75, 3.05) is 9.80 Å². The monoisotopic (exact) mass is 716 g/mol. The minimum atomic E-state index is -5.80. The van der Waals surface area contributed by atoms with Gasteiger partial charge in [0.15, 0.2) is 23.3 Å². The third-order valence-corrected chi connectivity index (χ3v) is 7.42. The number of benzene rings is 5. The fraction of sp³-hybridized carbons (Fsp3) is 0.143. The van der Waals surface area contributed by atoms with Crippen LogP contribution in [0, 0.1) is 37.1 Å². The van der Waals surface area contributed by atoms with Gasteiger partial charge in [0.1, 0.15) is 11.3 Å². The van der Waals surface area contributed by atoms with Crippen LogP contribution in [0.15, 0.2) is 91.0 Å². The highest BCUT2D eigenvalue weighted by atomic mass is 19.4. The van der Waals surface area contributed by atoms with Crippen LogP contribution >= 0.6 is 0 Å². The van der Waals surface area contributed by atoms with Crippen LogP contribution in [0.4, 0.5) is 91.2 Å². The summed E-state index contributed by atoms with van der Waals surface area (Å²) < 4.78 is 183. The molecule has 0 aliphatic rings. The van der Waals surface area contributed by atoms with E-state index < -0.39 is 64.2 Å². The molecule has 0 N–H and O–H groups in total. The summed E-state index contributed by atoms with van der Waals surface area (Å²) in [5, 5.41) is 0. The molecule has 0 heterocycles. The standard InChI is InChI=1S/C35H21F13N2/c1-18-12-20(33(40,41)42)16-25(14-18)49(26-15-19(2)13-21(17-26)34(43,44)45)23-8-10-24(11-9-23)50(22-6-4-3-5-7-22)32-30(38)28(36)27(35(46,47)48)29(37)31(32)39/h3-17H,1-2H3. The summed E-state index contributed by atoms with van der Waals surface area (Å²) in [7, 11) is 0. The Morgan fingerprint density at radius 1 is 0.400 bits per heavy atom. The molecule has 5 aromatic carbocycles. The molecule has 0 aromatic heterocycles. The molecule has 5 aromatic rings. The number of aryl methyl sites for hydroxylation is 2. The highest BCUT2D eigenvalue weighted by molar-refractivity contribution is 5.82. The van der Waals surface area contributed by atoms with Gasteiger partial charge in [-0.1, -0.05) is 18.2 Å². The van der Waals surface area contributed by atoms with E-state index in [4.69, 9.17) is 0 Å². The lowest BCUT2D eigenvalue weighted by Crippen LogP contribution is -2.21. The number of anilines is 6. The van der Waals surface area contributed by atoms with E-state index in [1.807, 2.05) is 0 Å². The zero-order chi connectivity index (χ0) is 36.9. The van der Waals surface area contributed by atoms with Crippen LogP contribution in [0.2, 0.25) is 0 Å². The number of hydrogen-bond acceptors (Lipinski definition) is 2. The Kier molecular flexibility index (Phi) is 9.32. The fourth-order valence-corrected chi connectivity index (χ4v) is 5.36. The molecular formula is C35H21F13N2. The van der Waals surface area contributed by atoms with Crippen molar-refractivity contribution in [3.8, 4) is 0 Å². The first-order chi connectivity index (χ1) is 23.2. The Hall–Kier alpha value is -5.21. The van der Waals surface area contributed by atoms with E-state index in [1.165, 1.54) is 56.3 Å². The average Bonchev–Trinajstić information content (AvgIpc) is 3.01. The van der Waals surface area contributed by atoms with Crippen LogP contribution in [0.1, 0.15) is 27.8 Å². The van der Waals surface area contributed by atoms with Crippen LogP contribution < -0.4 is 9.80 Å². The highest BCUT2D eigenvalue weighted by Gasteiger charge is 2.43. The number of alkyl halides is 9. The zero-order valence-corrected chi connectivity index (χ0v) is 25.5. The van der Waals surface area contributed by atoms with E-state index in [2.05, 4.69) is 0 Å². The molecular weight excluding hydrogens is 695 g/mol. The van der Waals surface area contributed by atoms with Crippen molar-refractivity contribution >= 4 is 34.1 Å². The third-order valence-electron chi connectivity index (χ3n) is 7.42. The molecule has 0 atom stereocenters. The van der Waals surface area contributed by atoms with Gasteiger partial charge in [0, 0.05) is 28.4 Å². The van der Waals surface area contributed by atoms with Crippen molar-refractivity contribution in [3.63, 3.8) is 0 Å². The molecule has 0 aliphatic heterocycles. The molecule has 0 amide bonds. The van der Waals surface area contributed by atoms with Gasteiger partial charge in [0.05, 0.1) is 11.1 Å². The van der Waals surface area contributed by atoms with E-state index in [1.54, 1.807) is 0 Å². The second-order valence-corrected chi connectivity index (χ2v) is 11.1. The van der Waals surface area contributed by atoms with Gasteiger partial charge >= 0.3 is 18.5 Å². The van der Waals surface area contributed by atoms with Crippen LogP contribution in [-0.2, 0) is 18.5 Å². The Morgan fingerprint density at radius 3 is 1.16 bits per heavy atom. The predicted molar refractivity (Wildman–Crippen MR) is 160 cm³/mol. The van der Waals surface area contributed by atoms with Crippen molar-refractivity contribution in [1.29, 1.82) is 0 Å². The maximum absolute atomic E-state index is 15.3. The summed E-state index contributed by atoms with van der Waals surface area (Å²) in [6.45, 7) is 2.67. The van der Waals surface area contributed by atoms with Gasteiger partial charge < -0.3 is 9.80 Å². The molecule has 0 saturated heterocycles. The van der Waals surface area contributed by atoms with Crippen LogP contribution in [0.3, 0.4) is 0 Å². The Morgan fingerprint density at radius 2 is 0.780 bits per heavy atom. The van der Waals surface area contributed by atoms with Gasteiger partial charge in [-0.15, -0.1) is 0 Å². The number of para-hydroxylation sites is 1. The van der Waals surface area contributed by atoms with Crippen LogP contribution in [-0.4, -0.2) is 0 Å². The molecule has 5 rings (SSSR count). The number of halogens is 13. The quantitative estimate of drug-likeness (QED) is 0.128. The van der Waals surface area contributed by atoms with Gasteiger partial charge in [-0.05, 0) is 97.8 Å². The van der Waals surface area contributed by atoms with Crippen molar-refractivity contribution in [1.82, 2.24) is 0 Å². The Balaban J connectivity index is 1.74. The molecule has 262 valence electrons. The van der Waals surface area contributed by atoms with Gasteiger partial charge in [-0.3, -0.25) is 0 Å². The van der Waals surface area contributed by atoms with Gasteiger partial charge in [0.2, 0.25) is 0 Å². The highest BCUT2D eigenvalue weighted by Crippen LogP contribution is 2.46. The van der Waals surface area contributed by atoms with Crippen LogP contribution in [0.25, 0.3) is 0 Å². The molecule has 0 bridgehead atoms. The molecule has 0 unspecified atom stereocenters. The van der Waals surface area contributed by atoms with E-state index in [9.17, 15) is 48.3 Å². The lowest BCUT2D eigenvalue weighted by Gasteiger charge is -2.30. The molecule has 0 spiro atoms. The zero-order valence-electron chi connectivity index (χ0n) is 25.5. The summed E-state index contributed by atoms with van der Waals surface area (Å²) in [5.74, 6) is -10.2. The average molecular weight is 717 g/mol. The molecule has 0 radical (unpaired) electrons. The minimum Gasteiger partial charge on any atom is -0.310 e. The number of hydrogen-bond donors (Lipinski definition) is 0. The van der Waals surface area contributed by atoms with E-state index in [0.29, 0.717) is 17.0 Å². The summed E-state index contributed by atoms with van der Waals surface area (Å²) in [4.78, 5) is 1.62. The lowest BCUT2D eigenvalue weighted by atomic mass is 10.0. The smallest absolute Gasteiger partial charge is 0.310 e. The normalized spacial score (nSPS) is 12.3. The maximum atomic E-state index is 15.3. The molecule has 50 heavy (non-hydrogen) atoms. The summed E-state index contributed by atoms with van der Waals surface area (Å²) >= 11 is 0. The van der Waals surface area contributed by atoms with Crippen LogP contribution in [0.5, 0.6) is 0 Å². The first-order valence-electron chi connectivity index (χ1n) is 14.2. The largest absolute Gasteiger partial charge is 0.422 e. The topological polar surface area (TPSA) is 6.48 Å². The second-order valence-electron chi connectivity index (χ2n) is 11.1. The van der Waals surface area contributed by atoms with E-state index in [-0.39, 0.29) is 39.6 Å². The van der Waals surface area contributed by atoms with Gasteiger partial charge in [-0.25, -0.2) is 17.6 Å². The van der Waals surface area contributed by atoms with Gasteiger partial charge in [-0.2, -0.15) is 39.5 Å². The predicted octanol–water partition coefficient (Wildman–Crippen LogP) is 12.9. The molecule has 15 heteroatoms. The first kappa shape index (κ1) is 36.1. The summed E-state index contributed by atoms with van der Waals surface area (Å²) in [6, 6.07) is 16.5. The number of nitrogens with zero attached hydrogens (tertiary/aromatic N) is 2. The van der Waals surface area contributed by atoms with E-state index in [0.717, 1.165) is 41.3 Å². The van der Waals surface area contributed by atoms with Gasteiger partial charge in [0.25, 0.3) is 0 Å². The van der Waals surface area contributed by atoms with Crippen molar-refractivity contribution < 1.29 is 57.1 Å². The van der Waals surface area contributed by atoms with E-state index >= 15 is 8.78 Å². The van der Waals surface area contributed by atoms with Crippen molar-refractivity contribution in [2.45, 2.75) is 32.4 Å². The maximum Gasteiger partial charge on any atom is 0.422 e.